The molecule has 5 rings (SSSR count). The van der Waals surface area contributed by atoms with Gasteiger partial charge in [-0.05, 0) is 43.3 Å². The van der Waals surface area contributed by atoms with Crippen LogP contribution < -0.4 is 0 Å². The molecule has 0 radical (unpaired) electrons. The van der Waals surface area contributed by atoms with Gasteiger partial charge in [0.2, 0.25) is 0 Å². The van der Waals surface area contributed by atoms with Gasteiger partial charge in [0.15, 0.2) is 0 Å². The Bertz CT molecular complexity index is 1040. The molecule has 1 aromatic carbocycles. The maximum atomic E-state index is 12.0. The normalized spacial score (nSPS) is 25.2. The second-order valence-electron chi connectivity index (χ2n) is 10.5. The van der Waals surface area contributed by atoms with E-state index in [0.29, 0.717) is 37.3 Å². The van der Waals surface area contributed by atoms with Gasteiger partial charge in [0.1, 0.15) is 0 Å². The third-order valence-electron chi connectivity index (χ3n) is 7.70. The second kappa shape index (κ2) is 18.1. The molecule has 0 spiro atoms. The molecule has 227 valence electrons. The fourth-order valence-electron chi connectivity index (χ4n) is 5.75. The zero-order valence-corrected chi connectivity index (χ0v) is 27.1. The number of nitrogens with zero attached hydrogens (tertiary/aromatic N) is 5. The monoisotopic (exact) mass is 658 g/mol. The summed E-state index contributed by atoms with van der Waals surface area (Å²) in [7, 11) is 9.59. The van der Waals surface area contributed by atoms with Crippen molar-refractivity contribution in [2.75, 3.05) is 19.7 Å². The molecule has 4 atom stereocenters. The predicted molar refractivity (Wildman–Crippen MR) is 165 cm³/mol. The summed E-state index contributed by atoms with van der Waals surface area (Å²) >= 11 is 1.69. The molecule has 11 heteroatoms. The van der Waals surface area contributed by atoms with Crippen molar-refractivity contribution in [1.29, 1.82) is 0 Å². The van der Waals surface area contributed by atoms with Gasteiger partial charge in [-0.25, -0.2) is 4.79 Å². The Morgan fingerprint density at radius 2 is 1.29 bits per heavy atom. The zero-order valence-electron chi connectivity index (χ0n) is 23.6. The van der Waals surface area contributed by atoms with Crippen LogP contribution in [0, 0.1) is 0 Å². The zero-order chi connectivity index (χ0) is 28.9. The van der Waals surface area contributed by atoms with Gasteiger partial charge >= 0.3 is 39.3 Å². The van der Waals surface area contributed by atoms with Gasteiger partial charge < -0.3 is 26.0 Å². The molecule has 0 saturated heterocycles. The Labute approximate surface area is 264 Å². The van der Waals surface area contributed by atoms with E-state index in [2.05, 4.69) is 12.1 Å². The van der Waals surface area contributed by atoms with E-state index in [9.17, 15) is 4.79 Å². The van der Waals surface area contributed by atoms with E-state index in [-0.39, 0.29) is 31.2 Å². The first-order valence-corrected chi connectivity index (χ1v) is 18.6. The minimum absolute atomic E-state index is 0.00694. The van der Waals surface area contributed by atoms with Crippen LogP contribution in [0.1, 0.15) is 80.0 Å². The molecule has 41 heavy (non-hydrogen) atoms. The summed E-state index contributed by atoms with van der Waals surface area (Å²) in [6, 6.07) is 13.1. The fourth-order valence-corrected chi connectivity index (χ4v) is 6.69. The van der Waals surface area contributed by atoms with Crippen LogP contribution in [0.3, 0.4) is 0 Å². The Morgan fingerprint density at radius 3 is 1.76 bits per heavy atom. The molecule has 2 saturated carbocycles. The number of esters is 1. The van der Waals surface area contributed by atoms with Gasteiger partial charge in [-0.15, -0.1) is 13.1 Å². The van der Waals surface area contributed by atoms with Crippen molar-refractivity contribution in [3.05, 3.63) is 74.6 Å². The summed E-state index contributed by atoms with van der Waals surface area (Å²) in [5.41, 5.74) is 2.56. The molecule has 2 aliphatic carbocycles. The van der Waals surface area contributed by atoms with Crippen molar-refractivity contribution in [3.8, 4) is 0 Å². The quantitative estimate of drug-likeness (QED) is 0.242. The number of pyridine rings is 1. The molecule has 0 amide bonds. The van der Waals surface area contributed by atoms with E-state index < -0.39 is 0 Å². The van der Waals surface area contributed by atoms with Gasteiger partial charge in [0.25, 0.3) is 0 Å². The van der Waals surface area contributed by atoms with Crippen LogP contribution in [0.4, 0.5) is 0 Å². The first kappa shape index (κ1) is 33.0. The third-order valence-corrected chi connectivity index (χ3v) is 8.68. The number of rotatable bonds is 4. The number of aromatic nitrogens is 1. The molecule has 2 aromatic rings. The van der Waals surface area contributed by atoms with Crippen LogP contribution in [-0.2, 0) is 31.0 Å². The van der Waals surface area contributed by atoms with Crippen LogP contribution in [0.2, 0.25) is 0 Å². The van der Waals surface area contributed by atoms with Crippen molar-refractivity contribution in [1.82, 2.24) is 4.98 Å². The molecule has 2 bridgehead atoms. The number of fused-ring (bicyclic) bond motifs is 4. The number of carbonyl (C=O) groups is 1. The first-order chi connectivity index (χ1) is 20.1. The number of hydrogen-bond donors (Lipinski definition) is 0. The number of halogens is 2. The molecule has 1 aliphatic heterocycles. The topological polar surface area (TPSA) is 95.6 Å². The molecule has 2 heterocycles. The molecule has 1 aromatic heterocycles. The third kappa shape index (κ3) is 10.7. The fraction of sp³-hybridized carbons (Fsp3) is 0.600. The van der Waals surface area contributed by atoms with E-state index in [1.54, 1.807) is 11.8 Å². The average molecular weight is 660 g/mol. The van der Waals surface area contributed by atoms with Crippen molar-refractivity contribution < 1.29 is 22.7 Å². The molecular weight excluding hydrogens is 620 g/mol. The van der Waals surface area contributed by atoms with Crippen LogP contribution >= 0.6 is 32.0 Å². The van der Waals surface area contributed by atoms with E-state index >= 15 is 0 Å². The molecule has 3 aliphatic rings. The molecule has 2 fully saturated rings. The summed E-state index contributed by atoms with van der Waals surface area (Å²) < 4.78 is 5.12. The Hall–Kier alpha value is -0.871. The Balaban J connectivity index is 0.00000124. The van der Waals surface area contributed by atoms with Crippen LogP contribution in [0.25, 0.3) is 21.3 Å². The van der Waals surface area contributed by atoms with Crippen LogP contribution in [-0.4, -0.2) is 54.8 Å². The van der Waals surface area contributed by atoms with Crippen LogP contribution in [0.15, 0.2) is 46.2 Å². The summed E-state index contributed by atoms with van der Waals surface area (Å²) in [6.07, 6.45) is 9.42. The summed E-state index contributed by atoms with van der Waals surface area (Å²) in [5, 5.41) is 20.4. The van der Waals surface area contributed by atoms with Gasteiger partial charge in [0.05, 0.1) is 12.2 Å². The summed E-state index contributed by atoms with van der Waals surface area (Å²) in [4.78, 5) is 19.2. The minimum atomic E-state index is -0.287. The number of hydrogen-bond acceptors (Lipinski definition) is 4. The summed E-state index contributed by atoms with van der Waals surface area (Å²) in [5.74, 6) is -0.287. The Kier molecular flexibility index (Phi) is 14.5. The van der Waals surface area contributed by atoms with Gasteiger partial charge in [-0.3, -0.25) is 4.98 Å². The van der Waals surface area contributed by atoms with Gasteiger partial charge in [-0.2, -0.15) is 37.3 Å². The maximum absolute atomic E-state index is 12.0. The number of ether oxygens (including phenoxy) is 1. The molecule has 7 nitrogen and oxygen atoms in total. The van der Waals surface area contributed by atoms with E-state index in [4.69, 9.17) is 51.2 Å². The van der Waals surface area contributed by atoms with E-state index in [1.165, 1.54) is 25.7 Å². The summed E-state index contributed by atoms with van der Waals surface area (Å²) in [6.45, 7) is 5.02. The van der Waals surface area contributed by atoms with E-state index in [0.717, 1.165) is 60.0 Å². The molecule has 2 unspecified atom stereocenters. The van der Waals surface area contributed by atoms with Gasteiger partial charge in [-0.1, -0.05) is 63.1 Å². The van der Waals surface area contributed by atoms with Crippen molar-refractivity contribution in [3.63, 3.8) is 0 Å². The van der Waals surface area contributed by atoms with Crippen molar-refractivity contribution in [2.45, 2.75) is 105 Å². The Morgan fingerprint density at radius 1 is 0.829 bits per heavy atom. The second-order valence-corrected chi connectivity index (χ2v) is 13.6. The van der Waals surface area contributed by atoms with E-state index in [1.807, 2.05) is 31.2 Å². The average Bonchev–Trinajstić information content (AvgIpc) is 2.99. The molecule has 0 N–H and O–H groups in total. The standard InChI is InChI=1S/C30H39N5O2S.2ClH.Mn/c1-2-37-30(36)21-11-13-24(14-12-21)38-25-17-22-19-33-28-9-5-3-7-26(28)31-15-16-32-27-8-4-6-10-29(27)34-20-23(18-25)35-22;;;/h11-14,17-18,26-29H,2-10,15-16,19-20H2,1H3;2*1H;/q-4;;;+2/p-2/t26-,27?,28-,29?;;;/m1.../s1. The van der Waals surface area contributed by atoms with Crippen molar-refractivity contribution in [2.24, 2.45) is 0 Å². The van der Waals surface area contributed by atoms with Gasteiger partial charge in [0, 0.05) is 21.2 Å². The van der Waals surface area contributed by atoms with Crippen LogP contribution in [0.5, 0.6) is 0 Å². The number of benzene rings is 1. The SMILES string of the molecule is CCOC(=O)c1ccc(Sc2cc3nc(c2)C[N-][C@@H]2CCCC[C@H]2[N-]CC[N-]C2CCCCC2[N-]C3)cc1.[Cl][Mn][Cl]. The number of carbonyl (C=O) groups excluding carboxylic acids is 1. The first-order valence-electron chi connectivity index (χ1n) is 14.6. The van der Waals surface area contributed by atoms with Crippen molar-refractivity contribution >= 4 is 37.9 Å². The molecular formula is C30H39Cl2MnN5O2S-4. The predicted octanol–water partition coefficient (Wildman–Crippen LogP) is 8.92.